The first-order chi connectivity index (χ1) is 15.1. The molecule has 3 atom stereocenters. The minimum atomic E-state index is -1.04. The van der Waals surface area contributed by atoms with Gasteiger partial charge in [-0.3, -0.25) is 9.79 Å². The zero-order chi connectivity index (χ0) is 21.0. The summed E-state index contributed by atoms with van der Waals surface area (Å²) >= 11 is 0. The normalized spacial score (nSPS) is 28.9. The summed E-state index contributed by atoms with van der Waals surface area (Å²) < 4.78 is 11.3. The Labute approximate surface area is 179 Å². The second kappa shape index (κ2) is 7.13. The summed E-state index contributed by atoms with van der Waals surface area (Å²) in [5.74, 6) is 0.508. The predicted octanol–water partition coefficient (Wildman–Crippen LogP) is 2.32. The number of carbonyl (C=O) groups excluding carboxylic acids is 1. The van der Waals surface area contributed by atoms with Crippen LogP contribution >= 0.6 is 0 Å². The number of para-hydroxylation sites is 2. The van der Waals surface area contributed by atoms with E-state index in [1.54, 1.807) is 6.34 Å². The largest absolute Gasteiger partial charge is 0.382 e. The Morgan fingerprint density at radius 2 is 1.97 bits per heavy atom. The van der Waals surface area contributed by atoms with Crippen molar-refractivity contribution >= 4 is 23.6 Å². The van der Waals surface area contributed by atoms with E-state index in [1.165, 1.54) is 0 Å². The first kappa shape index (κ1) is 18.9. The monoisotopic (exact) mass is 423 g/mol. The molecule has 2 aromatic rings. The Bertz CT molecular complexity index is 1020. The molecule has 9 heteroatoms. The number of aliphatic hydroxyl groups is 1. The molecule has 1 aromatic heterocycles. The average Bonchev–Trinajstić information content (AvgIpc) is 3.58. The van der Waals surface area contributed by atoms with Gasteiger partial charge in [0.2, 0.25) is 5.82 Å². The average molecular weight is 423 g/mol. The molecule has 0 spiro atoms. The van der Waals surface area contributed by atoms with Crippen LogP contribution < -0.4 is 9.80 Å². The number of rotatable bonds is 4. The molecule has 4 aliphatic rings. The zero-order valence-corrected chi connectivity index (χ0v) is 17.2. The van der Waals surface area contributed by atoms with E-state index in [1.807, 2.05) is 34.1 Å². The summed E-state index contributed by atoms with van der Waals surface area (Å²) in [6.07, 6.45) is 6.81. The summed E-state index contributed by atoms with van der Waals surface area (Å²) in [5, 5.41) is 14.9. The Kier molecular flexibility index (Phi) is 4.36. The molecule has 1 N–H and O–H groups in total. The van der Waals surface area contributed by atoms with Crippen molar-refractivity contribution in [1.82, 2.24) is 10.1 Å². The fraction of sp³-hybridized carbons (Fsp3) is 0.545. The van der Waals surface area contributed by atoms with Crippen LogP contribution in [0.25, 0.3) is 0 Å². The van der Waals surface area contributed by atoms with Crippen LogP contribution in [0.3, 0.4) is 0 Å². The molecular weight excluding hydrogens is 398 g/mol. The van der Waals surface area contributed by atoms with E-state index >= 15 is 0 Å². The van der Waals surface area contributed by atoms with Gasteiger partial charge in [0.25, 0.3) is 11.8 Å². The van der Waals surface area contributed by atoms with Crippen molar-refractivity contribution in [3.63, 3.8) is 0 Å². The maximum atomic E-state index is 13.7. The van der Waals surface area contributed by atoms with Gasteiger partial charge in [0, 0.05) is 6.61 Å². The number of ether oxygens (including phenoxy) is 1. The van der Waals surface area contributed by atoms with Gasteiger partial charge >= 0.3 is 0 Å². The lowest BCUT2D eigenvalue weighted by Crippen LogP contribution is -2.54. The van der Waals surface area contributed by atoms with Crippen molar-refractivity contribution in [3.05, 3.63) is 36.0 Å². The van der Waals surface area contributed by atoms with Gasteiger partial charge in [-0.15, -0.1) is 0 Å². The van der Waals surface area contributed by atoms with Crippen LogP contribution in [0, 0.1) is 0 Å². The lowest BCUT2D eigenvalue weighted by atomic mass is 10.00. The molecule has 1 saturated heterocycles. The minimum Gasteiger partial charge on any atom is -0.382 e. The van der Waals surface area contributed by atoms with Crippen LogP contribution in [0.5, 0.6) is 0 Å². The van der Waals surface area contributed by atoms with Gasteiger partial charge in [0.1, 0.15) is 11.6 Å². The molecule has 4 heterocycles. The number of nitrogens with zero attached hydrogens (tertiary/aromatic N) is 5. The van der Waals surface area contributed by atoms with E-state index in [9.17, 15) is 9.90 Å². The number of carbonyl (C=O) groups is 1. The summed E-state index contributed by atoms with van der Waals surface area (Å²) in [5.41, 5.74) is 0.738. The van der Waals surface area contributed by atoms with Crippen LogP contribution in [0.1, 0.15) is 56.3 Å². The number of fused-ring (bicyclic) bond motifs is 3. The first-order valence-corrected chi connectivity index (χ1v) is 11.0. The summed E-state index contributed by atoms with van der Waals surface area (Å²) in [6.45, 7) is 1.26. The van der Waals surface area contributed by atoms with E-state index < -0.39 is 17.7 Å². The molecule has 0 radical (unpaired) electrons. The third-order valence-electron chi connectivity index (χ3n) is 6.87. The fourth-order valence-electron chi connectivity index (χ4n) is 5.21. The number of benzene rings is 1. The fourth-order valence-corrected chi connectivity index (χ4v) is 5.21. The van der Waals surface area contributed by atoms with Crippen LogP contribution in [-0.2, 0) is 15.1 Å². The van der Waals surface area contributed by atoms with Crippen molar-refractivity contribution < 1.29 is 19.2 Å². The van der Waals surface area contributed by atoms with Crippen molar-refractivity contribution in [2.24, 2.45) is 4.99 Å². The van der Waals surface area contributed by atoms with Crippen LogP contribution in [0.15, 0.2) is 33.8 Å². The molecule has 162 valence electrons. The molecule has 2 fully saturated rings. The van der Waals surface area contributed by atoms with Gasteiger partial charge in [-0.25, -0.2) is 0 Å². The molecule has 6 rings (SSSR count). The molecule has 9 nitrogen and oxygen atoms in total. The van der Waals surface area contributed by atoms with Crippen LogP contribution in [0.4, 0.5) is 11.4 Å². The van der Waals surface area contributed by atoms with E-state index in [4.69, 9.17) is 9.26 Å². The van der Waals surface area contributed by atoms with Crippen molar-refractivity contribution in [1.29, 1.82) is 0 Å². The zero-order valence-electron chi connectivity index (χ0n) is 17.2. The minimum absolute atomic E-state index is 0.0379. The topological polar surface area (TPSA) is 104 Å². The molecule has 31 heavy (non-hydrogen) atoms. The highest BCUT2D eigenvalue weighted by Crippen LogP contribution is 2.43. The lowest BCUT2D eigenvalue weighted by molar-refractivity contribution is -0.120. The number of amides is 1. The smallest absolute Gasteiger partial charge is 0.254 e. The maximum absolute atomic E-state index is 13.7. The van der Waals surface area contributed by atoms with Crippen LogP contribution in [0.2, 0.25) is 0 Å². The van der Waals surface area contributed by atoms with E-state index in [0.29, 0.717) is 25.2 Å². The Balaban J connectivity index is 1.34. The third kappa shape index (κ3) is 2.98. The molecule has 1 amide bonds. The molecule has 1 aromatic carbocycles. The van der Waals surface area contributed by atoms with Crippen molar-refractivity contribution in [3.8, 4) is 0 Å². The SMILES string of the molecule is O=C1C2C(c3nc(C4(O)CCCC4)no3)N=CN2c2ccccc2N1CC1CCCO1. The number of aliphatic imine (C=N–C) groups is 1. The predicted molar refractivity (Wildman–Crippen MR) is 112 cm³/mol. The summed E-state index contributed by atoms with van der Waals surface area (Å²) in [7, 11) is 0. The van der Waals surface area contributed by atoms with E-state index in [0.717, 1.165) is 43.7 Å². The maximum Gasteiger partial charge on any atom is 0.254 e. The molecular formula is C22H25N5O4. The first-order valence-electron chi connectivity index (χ1n) is 11.0. The van der Waals surface area contributed by atoms with Gasteiger partial charge in [0.05, 0.1) is 30.4 Å². The lowest BCUT2D eigenvalue weighted by Gasteiger charge is -2.39. The third-order valence-corrected chi connectivity index (χ3v) is 6.87. The molecule has 0 bridgehead atoms. The second-order valence-corrected chi connectivity index (χ2v) is 8.83. The van der Waals surface area contributed by atoms with E-state index in [-0.39, 0.29) is 17.9 Å². The quantitative estimate of drug-likeness (QED) is 0.805. The number of anilines is 2. The molecule has 3 unspecified atom stereocenters. The number of aromatic nitrogens is 2. The molecule has 3 aliphatic heterocycles. The van der Waals surface area contributed by atoms with Crippen LogP contribution in [-0.4, -0.2) is 52.8 Å². The number of hydrogen-bond acceptors (Lipinski definition) is 8. The highest BCUT2D eigenvalue weighted by Gasteiger charge is 2.49. The van der Waals surface area contributed by atoms with Crippen molar-refractivity contribution in [2.75, 3.05) is 23.0 Å². The van der Waals surface area contributed by atoms with Gasteiger partial charge in [-0.1, -0.05) is 17.3 Å². The second-order valence-electron chi connectivity index (χ2n) is 8.83. The molecule has 1 saturated carbocycles. The standard InChI is InChI=1S/C22H25N5O4/c28-20-18-17(19-24-21(25-31-19)22(29)9-3-4-10-22)23-13-27(18)16-8-2-1-7-15(16)26(20)12-14-6-5-11-30-14/h1-2,7-8,13-14,17-18,29H,3-6,9-12H2. The Morgan fingerprint density at radius 1 is 1.16 bits per heavy atom. The Hall–Kier alpha value is -2.78. The highest BCUT2D eigenvalue weighted by molar-refractivity contribution is 6.11. The van der Waals surface area contributed by atoms with Gasteiger partial charge in [0.15, 0.2) is 6.04 Å². The summed E-state index contributed by atoms with van der Waals surface area (Å²) in [6, 6.07) is 6.64. The number of hydrogen-bond donors (Lipinski definition) is 1. The molecule has 1 aliphatic carbocycles. The van der Waals surface area contributed by atoms with Gasteiger partial charge in [-0.05, 0) is 50.7 Å². The van der Waals surface area contributed by atoms with Gasteiger partial charge < -0.3 is 24.2 Å². The highest BCUT2D eigenvalue weighted by atomic mass is 16.5. The van der Waals surface area contributed by atoms with E-state index in [2.05, 4.69) is 15.1 Å². The summed E-state index contributed by atoms with van der Waals surface area (Å²) in [4.78, 5) is 26.4. The van der Waals surface area contributed by atoms with Crippen molar-refractivity contribution in [2.45, 2.75) is 62.3 Å². The Morgan fingerprint density at radius 3 is 2.74 bits per heavy atom. The van der Waals surface area contributed by atoms with Gasteiger partial charge in [-0.2, -0.15) is 4.98 Å².